The lowest BCUT2D eigenvalue weighted by molar-refractivity contribution is -0.134. The number of fused-ring (bicyclic) bond motifs is 1. The fraction of sp³-hybridized carbons (Fsp3) is 1.00. The summed E-state index contributed by atoms with van der Waals surface area (Å²) in [6, 6.07) is 0.634. The minimum absolute atomic E-state index is 0.247. The molecule has 110 valence electrons. The van der Waals surface area contributed by atoms with E-state index in [1.807, 2.05) is 0 Å². The molecule has 2 heterocycles. The number of nitrogens with zero attached hydrogens (tertiary/aromatic N) is 2. The molecule has 0 aromatic heterocycles. The van der Waals surface area contributed by atoms with Gasteiger partial charge in [0.05, 0.1) is 12.7 Å². The van der Waals surface area contributed by atoms with Gasteiger partial charge >= 0.3 is 0 Å². The summed E-state index contributed by atoms with van der Waals surface area (Å²) < 4.78 is 6.02. The maximum atomic E-state index is 6.24. The van der Waals surface area contributed by atoms with Crippen molar-refractivity contribution in [3.8, 4) is 0 Å². The summed E-state index contributed by atoms with van der Waals surface area (Å²) in [5, 5.41) is 0. The molecule has 1 aliphatic carbocycles. The Hall–Kier alpha value is -0.160. The average Bonchev–Trinajstić information content (AvgIpc) is 2.48. The van der Waals surface area contributed by atoms with Gasteiger partial charge in [0.1, 0.15) is 0 Å². The predicted octanol–water partition coefficient (Wildman–Crippen LogP) is 1.05. The number of nitrogens with two attached hydrogens (primary N) is 1. The van der Waals surface area contributed by atoms with Crippen LogP contribution < -0.4 is 5.73 Å². The standard InChI is InChI=1S/C15H29N3O/c1-17-8-6-15(12-16,7-9-17)18-10-11-19-14-5-3-2-4-13(14)18/h13-14H,2-12,16H2,1H3. The highest BCUT2D eigenvalue weighted by molar-refractivity contribution is 5.02. The van der Waals surface area contributed by atoms with Crippen LogP contribution in [0.2, 0.25) is 0 Å². The smallest absolute Gasteiger partial charge is 0.0731 e. The van der Waals surface area contributed by atoms with E-state index < -0.39 is 0 Å². The fourth-order valence-electron chi connectivity index (χ4n) is 4.33. The molecule has 0 bridgehead atoms. The van der Waals surface area contributed by atoms with Gasteiger partial charge in [0, 0.05) is 24.7 Å². The van der Waals surface area contributed by atoms with Crippen LogP contribution in [0, 0.1) is 0 Å². The molecular formula is C15H29N3O. The molecule has 3 aliphatic rings. The minimum atomic E-state index is 0.247. The molecule has 2 unspecified atom stereocenters. The Balaban J connectivity index is 1.77. The quantitative estimate of drug-likeness (QED) is 0.812. The minimum Gasteiger partial charge on any atom is -0.375 e. The van der Waals surface area contributed by atoms with E-state index in [-0.39, 0.29) is 5.54 Å². The molecule has 4 heteroatoms. The van der Waals surface area contributed by atoms with E-state index in [0.29, 0.717) is 12.1 Å². The van der Waals surface area contributed by atoms with E-state index in [2.05, 4.69) is 16.8 Å². The number of ether oxygens (including phenoxy) is 1. The molecule has 2 saturated heterocycles. The first-order valence-electron chi connectivity index (χ1n) is 8.02. The van der Waals surface area contributed by atoms with Crippen molar-refractivity contribution >= 4 is 0 Å². The maximum absolute atomic E-state index is 6.24. The predicted molar refractivity (Wildman–Crippen MR) is 77.2 cm³/mol. The Labute approximate surface area is 117 Å². The van der Waals surface area contributed by atoms with E-state index in [4.69, 9.17) is 10.5 Å². The van der Waals surface area contributed by atoms with Crippen molar-refractivity contribution in [2.75, 3.05) is 39.8 Å². The molecule has 0 spiro atoms. The summed E-state index contributed by atoms with van der Waals surface area (Å²) in [5.74, 6) is 0. The molecule has 0 radical (unpaired) electrons. The number of rotatable bonds is 2. The lowest BCUT2D eigenvalue weighted by atomic mass is 9.80. The monoisotopic (exact) mass is 267 g/mol. The summed E-state index contributed by atoms with van der Waals surface area (Å²) >= 11 is 0. The Morgan fingerprint density at radius 2 is 1.89 bits per heavy atom. The molecule has 4 nitrogen and oxygen atoms in total. The number of morpholine rings is 1. The molecule has 2 N–H and O–H groups in total. The van der Waals surface area contributed by atoms with Gasteiger partial charge < -0.3 is 15.4 Å². The number of piperidine rings is 1. The van der Waals surface area contributed by atoms with E-state index >= 15 is 0 Å². The van der Waals surface area contributed by atoms with Gasteiger partial charge in [0.2, 0.25) is 0 Å². The second-order valence-electron chi connectivity index (χ2n) is 6.69. The van der Waals surface area contributed by atoms with Gasteiger partial charge in [0.15, 0.2) is 0 Å². The molecule has 2 aliphatic heterocycles. The van der Waals surface area contributed by atoms with Gasteiger partial charge in [-0.15, -0.1) is 0 Å². The highest BCUT2D eigenvalue weighted by atomic mass is 16.5. The van der Waals surface area contributed by atoms with Gasteiger partial charge in [-0.3, -0.25) is 4.90 Å². The fourth-order valence-corrected chi connectivity index (χ4v) is 4.33. The largest absolute Gasteiger partial charge is 0.375 e. The molecule has 3 fully saturated rings. The SMILES string of the molecule is CN1CCC(CN)(N2CCOC3CCCCC32)CC1. The Kier molecular flexibility index (Phi) is 4.13. The van der Waals surface area contributed by atoms with Crippen molar-refractivity contribution in [2.45, 2.75) is 56.2 Å². The van der Waals surface area contributed by atoms with Crippen LogP contribution in [0.3, 0.4) is 0 Å². The first-order valence-corrected chi connectivity index (χ1v) is 8.02. The molecular weight excluding hydrogens is 238 g/mol. The summed E-state index contributed by atoms with van der Waals surface area (Å²) in [7, 11) is 2.23. The third-order valence-corrected chi connectivity index (χ3v) is 5.64. The van der Waals surface area contributed by atoms with Crippen molar-refractivity contribution in [3.63, 3.8) is 0 Å². The topological polar surface area (TPSA) is 41.7 Å². The molecule has 1 saturated carbocycles. The zero-order valence-electron chi connectivity index (χ0n) is 12.3. The van der Waals surface area contributed by atoms with Crippen molar-refractivity contribution in [1.82, 2.24) is 9.80 Å². The third-order valence-electron chi connectivity index (χ3n) is 5.64. The van der Waals surface area contributed by atoms with Crippen LogP contribution in [0.25, 0.3) is 0 Å². The number of hydrogen-bond donors (Lipinski definition) is 1. The Morgan fingerprint density at radius 1 is 1.16 bits per heavy atom. The normalized spacial score (nSPS) is 36.9. The van der Waals surface area contributed by atoms with Crippen LogP contribution in [0.5, 0.6) is 0 Å². The zero-order chi connectivity index (χ0) is 13.3. The van der Waals surface area contributed by atoms with Gasteiger partial charge in [-0.1, -0.05) is 12.8 Å². The molecule has 2 atom stereocenters. The van der Waals surface area contributed by atoms with Crippen LogP contribution in [-0.4, -0.2) is 67.3 Å². The highest BCUT2D eigenvalue weighted by Crippen LogP contribution is 2.37. The second-order valence-corrected chi connectivity index (χ2v) is 6.69. The number of likely N-dealkylation sites (tertiary alicyclic amines) is 1. The Bertz CT molecular complexity index is 300. The first kappa shape index (κ1) is 13.8. The highest BCUT2D eigenvalue weighted by Gasteiger charge is 2.45. The lowest BCUT2D eigenvalue weighted by Gasteiger charge is -2.55. The van der Waals surface area contributed by atoms with Crippen molar-refractivity contribution in [3.05, 3.63) is 0 Å². The van der Waals surface area contributed by atoms with Crippen LogP contribution in [0.4, 0.5) is 0 Å². The van der Waals surface area contributed by atoms with Crippen LogP contribution in [0.15, 0.2) is 0 Å². The summed E-state index contributed by atoms with van der Waals surface area (Å²) in [4.78, 5) is 5.19. The van der Waals surface area contributed by atoms with Crippen LogP contribution in [0.1, 0.15) is 38.5 Å². The zero-order valence-corrected chi connectivity index (χ0v) is 12.3. The molecule has 0 aromatic rings. The second kappa shape index (κ2) is 5.68. The molecule has 0 aromatic carbocycles. The summed E-state index contributed by atoms with van der Waals surface area (Å²) in [5.41, 5.74) is 6.48. The van der Waals surface area contributed by atoms with Gasteiger partial charge in [-0.25, -0.2) is 0 Å². The summed E-state index contributed by atoms with van der Waals surface area (Å²) in [6.45, 7) is 5.17. The molecule has 0 amide bonds. The van der Waals surface area contributed by atoms with E-state index in [9.17, 15) is 0 Å². The number of hydrogen-bond acceptors (Lipinski definition) is 4. The van der Waals surface area contributed by atoms with E-state index in [0.717, 1.165) is 19.7 Å². The average molecular weight is 267 g/mol. The molecule has 19 heavy (non-hydrogen) atoms. The molecule has 3 rings (SSSR count). The van der Waals surface area contributed by atoms with Crippen LogP contribution in [-0.2, 0) is 4.74 Å². The maximum Gasteiger partial charge on any atom is 0.0731 e. The van der Waals surface area contributed by atoms with Crippen molar-refractivity contribution in [2.24, 2.45) is 5.73 Å². The van der Waals surface area contributed by atoms with E-state index in [1.165, 1.54) is 51.6 Å². The van der Waals surface area contributed by atoms with Gasteiger partial charge in [-0.05, 0) is 45.8 Å². The summed E-state index contributed by atoms with van der Waals surface area (Å²) in [6.07, 6.45) is 8.19. The third kappa shape index (κ3) is 2.56. The first-order chi connectivity index (χ1) is 9.25. The lowest BCUT2D eigenvalue weighted by Crippen LogP contribution is -2.67. The Morgan fingerprint density at radius 3 is 2.63 bits per heavy atom. The van der Waals surface area contributed by atoms with Crippen molar-refractivity contribution < 1.29 is 4.74 Å². The van der Waals surface area contributed by atoms with Gasteiger partial charge in [-0.2, -0.15) is 0 Å². The van der Waals surface area contributed by atoms with Gasteiger partial charge in [0.25, 0.3) is 0 Å². The van der Waals surface area contributed by atoms with Crippen LogP contribution >= 0.6 is 0 Å². The van der Waals surface area contributed by atoms with E-state index in [1.54, 1.807) is 0 Å². The van der Waals surface area contributed by atoms with Crippen molar-refractivity contribution in [1.29, 1.82) is 0 Å².